The highest BCUT2D eigenvalue weighted by Gasteiger charge is 2.41. The summed E-state index contributed by atoms with van der Waals surface area (Å²) >= 11 is 1.39. The molecular weight excluding hydrogens is 356 g/mol. The first-order valence-corrected chi connectivity index (χ1v) is 9.40. The van der Waals surface area contributed by atoms with Crippen LogP contribution in [0.3, 0.4) is 0 Å². The fourth-order valence-corrected chi connectivity index (χ4v) is 3.24. The Bertz CT molecular complexity index is 957. The molecule has 7 heteroatoms. The summed E-state index contributed by atoms with van der Waals surface area (Å²) in [5, 5.41) is 12.4. The average molecular weight is 376 g/mol. The van der Waals surface area contributed by atoms with Crippen LogP contribution in [0.5, 0.6) is 11.5 Å². The molecule has 1 aliphatic rings. The van der Waals surface area contributed by atoms with E-state index >= 15 is 0 Å². The molecule has 1 aromatic carbocycles. The first-order valence-electron chi connectivity index (χ1n) is 8.11. The third-order valence-corrected chi connectivity index (χ3v) is 4.73. The maximum Gasteiger partial charge on any atom is 0.331 e. The van der Waals surface area contributed by atoms with Crippen LogP contribution < -0.4 is 10.2 Å². The highest BCUT2D eigenvalue weighted by atomic mass is 32.2. The molecule has 0 spiro atoms. The minimum absolute atomic E-state index is 0.102. The number of carbonyl (C=O) groups excluding carboxylic acids is 1. The van der Waals surface area contributed by atoms with Gasteiger partial charge in [-0.3, -0.25) is 4.79 Å². The van der Waals surface area contributed by atoms with Crippen LogP contribution in [-0.4, -0.2) is 29.0 Å². The van der Waals surface area contributed by atoms with Gasteiger partial charge in [-0.05, 0) is 32.4 Å². The highest BCUT2D eigenvalue weighted by molar-refractivity contribution is 8.01. The number of hydrogen-bond acceptors (Lipinski definition) is 7. The molecule has 0 bridgehead atoms. The number of aryl methyl sites for hydroxylation is 1. The van der Waals surface area contributed by atoms with Crippen molar-refractivity contribution in [3.8, 4) is 11.5 Å². The van der Waals surface area contributed by atoms with Crippen molar-refractivity contribution >= 4 is 28.7 Å². The molecule has 1 N–H and O–H groups in total. The van der Waals surface area contributed by atoms with Gasteiger partial charge in [-0.25, -0.2) is 4.79 Å². The standard InChI is InChI=1S/C19H20O6S/c1-10-7-12(20)17-14(23-10)9-13-11(18(17)22)8-15(19(2,3)25-13)24-16(21)5-6-26-4/h5-7,9,15,22H,8H2,1-4H3/b6-5+/t15-/m0/s1. The molecule has 0 aliphatic carbocycles. The summed E-state index contributed by atoms with van der Waals surface area (Å²) in [6, 6.07) is 2.93. The van der Waals surface area contributed by atoms with Gasteiger partial charge in [0.15, 0.2) is 5.43 Å². The number of fused-ring (bicyclic) bond motifs is 2. The molecule has 1 aromatic heterocycles. The van der Waals surface area contributed by atoms with Crippen LogP contribution in [0, 0.1) is 6.92 Å². The molecular formula is C19H20O6S. The monoisotopic (exact) mass is 376 g/mol. The summed E-state index contributed by atoms with van der Waals surface area (Å²) in [7, 11) is 0. The number of phenolic OH excluding ortho intramolecular Hbond substituents is 1. The van der Waals surface area contributed by atoms with Gasteiger partial charge in [-0.2, -0.15) is 0 Å². The Morgan fingerprint density at radius 1 is 1.42 bits per heavy atom. The minimum atomic E-state index is -0.805. The minimum Gasteiger partial charge on any atom is -0.507 e. The van der Waals surface area contributed by atoms with E-state index in [1.54, 1.807) is 32.2 Å². The molecule has 0 fully saturated rings. The number of esters is 1. The van der Waals surface area contributed by atoms with Gasteiger partial charge in [0.2, 0.25) is 0 Å². The fraction of sp³-hybridized carbons (Fsp3) is 0.368. The van der Waals surface area contributed by atoms with Crippen LogP contribution in [0.4, 0.5) is 0 Å². The smallest absolute Gasteiger partial charge is 0.331 e. The van der Waals surface area contributed by atoms with Crippen molar-refractivity contribution in [1.82, 2.24) is 0 Å². The maximum atomic E-state index is 12.3. The van der Waals surface area contributed by atoms with Gasteiger partial charge < -0.3 is 19.0 Å². The molecule has 0 radical (unpaired) electrons. The molecule has 0 amide bonds. The highest BCUT2D eigenvalue weighted by Crippen LogP contribution is 2.42. The Labute approximate surface area is 154 Å². The third kappa shape index (κ3) is 3.31. The van der Waals surface area contributed by atoms with Crippen LogP contribution in [0.2, 0.25) is 0 Å². The van der Waals surface area contributed by atoms with Crippen LogP contribution in [0.1, 0.15) is 25.2 Å². The molecule has 3 rings (SSSR count). The summed E-state index contributed by atoms with van der Waals surface area (Å²) in [6.45, 7) is 5.28. The SMILES string of the molecule is CS/C=C/C(=O)O[C@H]1Cc2c(cc3oc(C)cc(=O)c3c2O)OC1(C)C. The number of ether oxygens (including phenoxy) is 2. The van der Waals surface area contributed by atoms with Crippen molar-refractivity contribution in [2.45, 2.75) is 38.9 Å². The zero-order chi connectivity index (χ0) is 19.1. The van der Waals surface area contributed by atoms with E-state index in [1.807, 2.05) is 6.26 Å². The van der Waals surface area contributed by atoms with Gasteiger partial charge in [0.05, 0.1) is 0 Å². The number of phenols is 1. The average Bonchev–Trinajstić information content (AvgIpc) is 2.53. The Morgan fingerprint density at radius 3 is 2.85 bits per heavy atom. The van der Waals surface area contributed by atoms with Gasteiger partial charge in [0, 0.05) is 30.2 Å². The third-order valence-electron chi connectivity index (χ3n) is 4.32. The quantitative estimate of drug-likeness (QED) is 0.650. The van der Waals surface area contributed by atoms with Crippen LogP contribution in [-0.2, 0) is 16.0 Å². The van der Waals surface area contributed by atoms with E-state index in [2.05, 4.69) is 0 Å². The van der Waals surface area contributed by atoms with Gasteiger partial charge in [-0.1, -0.05) is 0 Å². The number of benzene rings is 1. The number of thioether (sulfide) groups is 1. The topological polar surface area (TPSA) is 86.0 Å². The van der Waals surface area contributed by atoms with Gasteiger partial charge in [0.1, 0.15) is 39.9 Å². The Balaban J connectivity index is 2.05. The van der Waals surface area contributed by atoms with Crippen molar-refractivity contribution in [3.63, 3.8) is 0 Å². The van der Waals surface area contributed by atoms with Crippen LogP contribution in [0.15, 0.2) is 32.8 Å². The first kappa shape index (κ1) is 18.4. The van der Waals surface area contributed by atoms with Gasteiger partial charge >= 0.3 is 5.97 Å². The largest absolute Gasteiger partial charge is 0.507 e. The number of carbonyl (C=O) groups is 1. The Kier molecular flexibility index (Phi) is 4.75. The van der Waals surface area contributed by atoms with Crippen molar-refractivity contribution in [1.29, 1.82) is 0 Å². The van der Waals surface area contributed by atoms with Crippen molar-refractivity contribution in [2.24, 2.45) is 0 Å². The Morgan fingerprint density at radius 2 is 2.15 bits per heavy atom. The van der Waals surface area contributed by atoms with E-state index in [1.165, 1.54) is 23.9 Å². The second-order valence-corrected chi connectivity index (χ2v) is 7.41. The molecule has 138 valence electrons. The van der Waals surface area contributed by atoms with Gasteiger partial charge in [0.25, 0.3) is 0 Å². The molecule has 1 aliphatic heterocycles. The van der Waals surface area contributed by atoms with Crippen molar-refractivity contribution in [2.75, 3.05) is 6.26 Å². The van der Waals surface area contributed by atoms with E-state index < -0.39 is 17.7 Å². The van der Waals surface area contributed by atoms with E-state index in [9.17, 15) is 14.7 Å². The van der Waals surface area contributed by atoms with E-state index in [-0.39, 0.29) is 28.6 Å². The second kappa shape index (κ2) is 6.72. The molecule has 2 heterocycles. The molecule has 2 aromatic rings. The molecule has 0 saturated heterocycles. The lowest BCUT2D eigenvalue weighted by molar-refractivity contribution is -0.155. The summed E-state index contributed by atoms with van der Waals surface area (Å²) in [5.74, 6) is 0.187. The van der Waals surface area contributed by atoms with Gasteiger partial charge in [-0.15, -0.1) is 11.8 Å². The number of hydrogen-bond donors (Lipinski definition) is 1. The molecule has 26 heavy (non-hydrogen) atoms. The van der Waals surface area contributed by atoms with Crippen LogP contribution in [0.25, 0.3) is 11.0 Å². The number of rotatable bonds is 3. The molecule has 0 saturated carbocycles. The summed E-state index contributed by atoms with van der Waals surface area (Å²) in [4.78, 5) is 24.2. The lowest BCUT2D eigenvalue weighted by Crippen LogP contribution is -2.48. The summed E-state index contributed by atoms with van der Waals surface area (Å²) in [5.41, 5.74) is -0.439. The van der Waals surface area contributed by atoms with E-state index in [0.717, 1.165) is 0 Å². The summed E-state index contributed by atoms with van der Waals surface area (Å²) < 4.78 is 17.0. The zero-order valence-electron chi connectivity index (χ0n) is 15.0. The first-order chi connectivity index (χ1) is 12.2. The maximum absolute atomic E-state index is 12.3. The fourth-order valence-electron chi connectivity index (χ4n) is 3.00. The lowest BCUT2D eigenvalue weighted by atomic mass is 9.89. The Hall–Kier alpha value is -2.41. The lowest BCUT2D eigenvalue weighted by Gasteiger charge is -2.39. The second-order valence-electron chi connectivity index (χ2n) is 6.67. The molecule has 0 unspecified atom stereocenters. The predicted octanol–water partition coefficient (Wildman–Crippen LogP) is 3.31. The zero-order valence-corrected chi connectivity index (χ0v) is 15.8. The van der Waals surface area contributed by atoms with Crippen LogP contribution >= 0.6 is 11.8 Å². The van der Waals surface area contributed by atoms with Crippen molar-refractivity contribution < 1.29 is 23.8 Å². The van der Waals surface area contributed by atoms with E-state index in [4.69, 9.17) is 13.9 Å². The van der Waals surface area contributed by atoms with Crippen molar-refractivity contribution in [3.05, 3.63) is 45.2 Å². The summed E-state index contributed by atoms with van der Waals surface area (Å²) in [6.07, 6.45) is 2.80. The number of aromatic hydroxyl groups is 1. The molecule has 6 nitrogen and oxygen atoms in total. The molecule has 1 atom stereocenters. The normalized spacial score (nSPS) is 18.5. The van der Waals surface area contributed by atoms with E-state index in [0.29, 0.717) is 17.1 Å². The predicted molar refractivity (Wildman–Crippen MR) is 99.8 cm³/mol.